The Bertz CT molecular complexity index is 46.1. The van der Waals surface area contributed by atoms with Gasteiger partial charge in [0.25, 0.3) is 0 Å². The molecule has 3 heteroatoms. The van der Waals surface area contributed by atoms with Crippen LogP contribution in [0.1, 0.15) is 13.3 Å². The molecule has 0 unspecified atom stereocenters. The number of rotatable bonds is 1. The molecule has 0 aliphatic carbocycles. The molecule has 2 nitrogen and oxygen atoms in total. The van der Waals surface area contributed by atoms with Gasteiger partial charge < -0.3 is 5.73 Å². The van der Waals surface area contributed by atoms with Crippen LogP contribution < -0.4 is 5.73 Å². The zero-order chi connectivity index (χ0) is 4.28. The normalized spacial score (nSPS) is 6.17. The maximum absolute atomic E-state index is 9.59. The third-order valence-electron chi connectivity index (χ3n) is 0.348. The molecule has 0 bridgehead atoms. The van der Waals surface area contributed by atoms with Crippen LogP contribution >= 0.6 is 0 Å². The van der Waals surface area contributed by atoms with E-state index < -0.39 is 0 Å². The molecule has 0 aromatic carbocycles. The second-order valence-corrected chi connectivity index (χ2v) is 0.820. The first-order chi connectivity index (χ1) is 2.27. The molecule has 2 N–H and O–H groups in total. The number of nitrogens with two attached hydrogens (primary N) is 1. The summed E-state index contributed by atoms with van der Waals surface area (Å²) >= 11 is 0. The summed E-state index contributed by atoms with van der Waals surface area (Å²) in [6.07, 6.45) is 0.444. The van der Waals surface area contributed by atoms with Gasteiger partial charge in [0.05, 0.1) is 0 Å². The van der Waals surface area contributed by atoms with E-state index in [1.807, 2.05) is 0 Å². The SMILES string of the molecule is CCC(N)=O.[Bi]. The Hall–Kier alpha value is 0.353. The van der Waals surface area contributed by atoms with Gasteiger partial charge >= 0.3 is 0 Å². The molecule has 0 saturated heterocycles. The van der Waals surface area contributed by atoms with E-state index in [4.69, 9.17) is 0 Å². The van der Waals surface area contributed by atoms with Crippen molar-refractivity contribution in [3.05, 3.63) is 0 Å². The van der Waals surface area contributed by atoms with Crippen molar-refractivity contribution in [2.24, 2.45) is 5.73 Å². The number of amides is 1. The average Bonchev–Trinajstić information content (AvgIpc) is 1.38. The largest absolute Gasteiger partial charge is 0.370 e. The Morgan fingerprint density at radius 3 is 2.00 bits per heavy atom. The van der Waals surface area contributed by atoms with Crippen molar-refractivity contribution in [1.29, 1.82) is 0 Å². The minimum Gasteiger partial charge on any atom is -0.370 e. The van der Waals surface area contributed by atoms with Gasteiger partial charge in [-0.2, -0.15) is 0 Å². The summed E-state index contributed by atoms with van der Waals surface area (Å²) in [6.45, 7) is 1.72. The van der Waals surface area contributed by atoms with Crippen molar-refractivity contribution in [2.45, 2.75) is 13.3 Å². The van der Waals surface area contributed by atoms with Crippen LogP contribution in [0.5, 0.6) is 0 Å². The number of carbonyl (C=O) groups is 1. The van der Waals surface area contributed by atoms with E-state index >= 15 is 0 Å². The van der Waals surface area contributed by atoms with Crippen molar-refractivity contribution in [3.8, 4) is 0 Å². The van der Waals surface area contributed by atoms with Gasteiger partial charge in [-0.05, 0) is 0 Å². The van der Waals surface area contributed by atoms with E-state index in [0.29, 0.717) is 6.42 Å². The molecule has 0 atom stereocenters. The number of primary amides is 1. The second kappa shape index (κ2) is 5.35. The summed E-state index contributed by atoms with van der Waals surface area (Å²) in [5.74, 6) is -0.245. The fourth-order valence-electron chi connectivity index (χ4n) is 0. The molecule has 0 aromatic heterocycles. The van der Waals surface area contributed by atoms with Crippen LogP contribution in [-0.4, -0.2) is 32.1 Å². The molecular weight excluding hydrogens is 275 g/mol. The molecule has 0 spiro atoms. The van der Waals surface area contributed by atoms with Gasteiger partial charge in [-0.25, -0.2) is 0 Å². The fraction of sp³-hybridized carbons (Fsp3) is 0.667. The smallest absolute Gasteiger partial charge is 0.217 e. The Kier molecular flexibility index (Phi) is 8.57. The van der Waals surface area contributed by atoms with Gasteiger partial charge in [0, 0.05) is 32.6 Å². The van der Waals surface area contributed by atoms with Crippen LogP contribution in [0.2, 0.25) is 0 Å². The Morgan fingerprint density at radius 2 is 2.00 bits per heavy atom. The molecule has 0 fully saturated rings. The predicted molar refractivity (Wildman–Crippen MR) is 25.2 cm³/mol. The molecule has 35 valence electrons. The third-order valence-corrected chi connectivity index (χ3v) is 0.348. The average molecular weight is 282 g/mol. The zero-order valence-corrected chi connectivity index (χ0v) is 7.12. The van der Waals surface area contributed by atoms with Gasteiger partial charge in [-0.15, -0.1) is 0 Å². The minimum absolute atomic E-state index is 0. The maximum Gasteiger partial charge on any atom is 0.217 e. The van der Waals surface area contributed by atoms with Crippen LogP contribution in [0.25, 0.3) is 0 Å². The Morgan fingerprint density at radius 1 is 1.83 bits per heavy atom. The summed E-state index contributed by atoms with van der Waals surface area (Å²) in [6, 6.07) is 0. The Labute approximate surface area is 56.2 Å². The maximum atomic E-state index is 9.59. The van der Waals surface area contributed by atoms with Crippen molar-refractivity contribution in [1.82, 2.24) is 0 Å². The fourth-order valence-corrected chi connectivity index (χ4v) is 0. The van der Waals surface area contributed by atoms with E-state index in [1.54, 1.807) is 6.92 Å². The summed E-state index contributed by atoms with van der Waals surface area (Å²) in [5, 5.41) is 0. The molecule has 0 aliphatic rings. The first-order valence-corrected chi connectivity index (χ1v) is 1.55. The molecule has 6 heavy (non-hydrogen) atoms. The third kappa shape index (κ3) is 8.84. The molecule has 0 heterocycles. The van der Waals surface area contributed by atoms with E-state index in [9.17, 15) is 4.79 Å². The standard InChI is InChI=1S/C3H7NO.Bi/c1-2-3(4)5;/h2H2,1H3,(H2,4,5);. The van der Waals surface area contributed by atoms with Crippen LogP contribution in [0.3, 0.4) is 0 Å². The first kappa shape index (κ1) is 9.61. The van der Waals surface area contributed by atoms with Gasteiger partial charge in [0.2, 0.25) is 5.91 Å². The van der Waals surface area contributed by atoms with E-state index in [0.717, 1.165) is 0 Å². The van der Waals surface area contributed by atoms with Crippen LogP contribution in [0.15, 0.2) is 0 Å². The topological polar surface area (TPSA) is 43.1 Å². The molecule has 0 saturated carbocycles. The monoisotopic (exact) mass is 282 g/mol. The van der Waals surface area contributed by atoms with Crippen molar-refractivity contribution < 1.29 is 4.79 Å². The van der Waals surface area contributed by atoms with Crippen molar-refractivity contribution in [3.63, 3.8) is 0 Å². The van der Waals surface area contributed by atoms with Crippen LogP contribution in [-0.2, 0) is 4.79 Å². The van der Waals surface area contributed by atoms with Crippen LogP contribution in [0, 0.1) is 0 Å². The van der Waals surface area contributed by atoms with Gasteiger partial charge in [0.1, 0.15) is 0 Å². The number of carbonyl (C=O) groups excluding carboxylic acids is 1. The van der Waals surface area contributed by atoms with Crippen molar-refractivity contribution in [2.75, 3.05) is 0 Å². The van der Waals surface area contributed by atoms with Gasteiger partial charge in [0.15, 0.2) is 0 Å². The van der Waals surface area contributed by atoms with Gasteiger partial charge in [-0.1, -0.05) is 6.92 Å². The number of hydrogen-bond acceptors (Lipinski definition) is 1. The summed E-state index contributed by atoms with van der Waals surface area (Å²) in [4.78, 5) is 9.59. The van der Waals surface area contributed by atoms with Gasteiger partial charge in [-0.3, -0.25) is 4.79 Å². The van der Waals surface area contributed by atoms with E-state index in [1.165, 1.54) is 0 Å². The predicted octanol–water partition coefficient (Wildman–Crippen LogP) is -0.499. The molecule has 1 amide bonds. The van der Waals surface area contributed by atoms with E-state index in [-0.39, 0.29) is 32.1 Å². The molecule has 0 aromatic rings. The quantitative estimate of drug-likeness (QED) is 0.647. The summed E-state index contributed by atoms with van der Waals surface area (Å²) in [5.41, 5.74) is 4.65. The zero-order valence-electron chi connectivity index (χ0n) is 3.64. The first-order valence-electron chi connectivity index (χ1n) is 1.55. The minimum atomic E-state index is -0.245. The molecule has 0 aliphatic heterocycles. The van der Waals surface area contributed by atoms with Crippen LogP contribution in [0.4, 0.5) is 0 Å². The molecular formula is C3H7BiNO. The Balaban J connectivity index is 0. The van der Waals surface area contributed by atoms with E-state index in [2.05, 4.69) is 5.73 Å². The number of hydrogen-bond donors (Lipinski definition) is 1. The summed E-state index contributed by atoms with van der Waals surface area (Å²) in [7, 11) is 0. The second-order valence-electron chi connectivity index (χ2n) is 0.820. The van der Waals surface area contributed by atoms with Crippen molar-refractivity contribution >= 4 is 32.1 Å². The molecule has 3 radical (unpaired) electrons. The molecule has 0 rings (SSSR count). The summed E-state index contributed by atoms with van der Waals surface area (Å²) < 4.78 is 0.